The van der Waals surface area contributed by atoms with Crippen LogP contribution in [0.2, 0.25) is 5.02 Å². The van der Waals surface area contributed by atoms with Crippen molar-refractivity contribution < 1.29 is 13.2 Å². The molecule has 0 N–H and O–H groups in total. The van der Waals surface area contributed by atoms with Gasteiger partial charge in [-0.2, -0.15) is 0 Å². The van der Waals surface area contributed by atoms with Gasteiger partial charge in [-0.15, -0.1) is 0 Å². The molecule has 1 saturated heterocycles. The van der Waals surface area contributed by atoms with Gasteiger partial charge in [-0.3, -0.25) is 4.79 Å². The smallest absolute Gasteiger partial charge is 0.254 e. The SMILES string of the molecule is CN(C)c1ccc(CN(C(=O)c2ccc(Cl)cc2)[C@@H]2CCS(=O)(=O)C2)cc1. The van der Waals surface area contributed by atoms with Crippen LogP contribution in [0.25, 0.3) is 0 Å². The lowest BCUT2D eigenvalue weighted by Gasteiger charge is -2.29. The lowest BCUT2D eigenvalue weighted by atomic mass is 10.1. The average Bonchev–Trinajstić information content (AvgIpc) is 2.99. The van der Waals surface area contributed by atoms with Gasteiger partial charge in [0, 0.05) is 43.0 Å². The van der Waals surface area contributed by atoms with Crippen molar-refractivity contribution in [2.24, 2.45) is 0 Å². The van der Waals surface area contributed by atoms with E-state index in [-0.39, 0.29) is 23.5 Å². The second kappa shape index (κ2) is 7.90. The number of nitrogens with zero attached hydrogens (tertiary/aromatic N) is 2. The fourth-order valence-electron chi connectivity index (χ4n) is 3.24. The van der Waals surface area contributed by atoms with E-state index in [9.17, 15) is 13.2 Å². The molecule has 1 fully saturated rings. The van der Waals surface area contributed by atoms with Crippen LogP contribution in [-0.2, 0) is 16.4 Å². The minimum atomic E-state index is -3.09. The molecule has 7 heteroatoms. The van der Waals surface area contributed by atoms with Crippen LogP contribution in [-0.4, -0.2) is 50.9 Å². The van der Waals surface area contributed by atoms with Crippen LogP contribution in [0.15, 0.2) is 48.5 Å². The van der Waals surface area contributed by atoms with Crippen LogP contribution in [0.4, 0.5) is 5.69 Å². The van der Waals surface area contributed by atoms with Gasteiger partial charge in [0.2, 0.25) is 0 Å². The molecule has 144 valence electrons. The number of sulfone groups is 1. The normalized spacial score (nSPS) is 18.3. The lowest BCUT2D eigenvalue weighted by Crippen LogP contribution is -2.40. The molecule has 5 nitrogen and oxygen atoms in total. The van der Waals surface area contributed by atoms with Crippen LogP contribution in [0.3, 0.4) is 0 Å². The van der Waals surface area contributed by atoms with E-state index < -0.39 is 9.84 Å². The van der Waals surface area contributed by atoms with Crippen molar-refractivity contribution in [3.63, 3.8) is 0 Å². The summed E-state index contributed by atoms with van der Waals surface area (Å²) < 4.78 is 23.9. The zero-order chi connectivity index (χ0) is 19.6. The zero-order valence-electron chi connectivity index (χ0n) is 15.4. The molecule has 2 aromatic rings. The third-order valence-corrected chi connectivity index (χ3v) is 6.81. The third-order valence-electron chi connectivity index (χ3n) is 4.81. The van der Waals surface area contributed by atoms with E-state index in [1.54, 1.807) is 29.2 Å². The maximum atomic E-state index is 13.1. The molecule has 2 aromatic carbocycles. The van der Waals surface area contributed by atoms with Crippen molar-refractivity contribution in [3.05, 3.63) is 64.7 Å². The monoisotopic (exact) mass is 406 g/mol. The van der Waals surface area contributed by atoms with Crippen LogP contribution in [0, 0.1) is 0 Å². The van der Waals surface area contributed by atoms with Crippen LogP contribution < -0.4 is 4.90 Å². The summed E-state index contributed by atoms with van der Waals surface area (Å²) >= 11 is 5.92. The predicted octanol–water partition coefficient (Wildman–Crippen LogP) is 3.24. The number of carbonyl (C=O) groups is 1. The van der Waals surface area contributed by atoms with Crippen LogP contribution in [0.1, 0.15) is 22.3 Å². The molecule has 0 unspecified atom stereocenters. The van der Waals surface area contributed by atoms with E-state index >= 15 is 0 Å². The fourth-order valence-corrected chi connectivity index (χ4v) is 5.10. The molecule has 27 heavy (non-hydrogen) atoms. The van der Waals surface area contributed by atoms with Crippen molar-refractivity contribution >= 4 is 33.0 Å². The molecular weight excluding hydrogens is 384 g/mol. The molecule has 0 aliphatic carbocycles. The lowest BCUT2D eigenvalue weighted by molar-refractivity contribution is 0.0681. The van der Waals surface area contributed by atoms with E-state index in [4.69, 9.17) is 11.6 Å². The second-order valence-corrected chi connectivity index (χ2v) is 9.72. The largest absolute Gasteiger partial charge is 0.378 e. The Bertz CT molecular complexity index is 909. The molecule has 3 rings (SSSR count). The van der Waals surface area contributed by atoms with Gasteiger partial charge in [-0.05, 0) is 48.4 Å². The molecule has 0 radical (unpaired) electrons. The van der Waals surface area contributed by atoms with Gasteiger partial charge in [-0.25, -0.2) is 8.42 Å². The minimum Gasteiger partial charge on any atom is -0.378 e. The first kappa shape index (κ1) is 19.7. The summed E-state index contributed by atoms with van der Waals surface area (Å²) in [5.74, 6) is -0.0329. The van der Waals surface area contributed by atoms with E-state index in [1.165, 1.54) is 0 Å². The number of benzene rings is 2. The van der Waals surface area contributed by atoms with Crippen molar-refractivity contribution in [1.29, 1.82) is 0 Å². The van der Waals surface area contributed by atoms with Gasteiger partial charge >= 0.3 is 0 Å². The molecule has 1 aliphatic heterocycles. The Morgan fingerprint density at radius 1 is 1.07 bits per heavy atom. The molecule has 0 bridgehead atoms. The summed E-state index contributed by atoms with van der Waals surface area (Å²) in [5.41, 5.74) is 2.54. The van der Waals surface area contributed by atoms with Gasteiger partial charge in [0.25, 0.3) is 5.91 Å². The van der Waals surface area contributed by atoms with Gasteiger partial charge in [0.15, 0.2) is 9.84 Å². The summed E-state index contributed by atoms with van der Waals surface area (Å²) in [6.07, 6.45) is 0.470. The minimum absolute atomic E-state index is 0.0160. The number of hydrogen-bond donors (Lipinski definition) is 0. The van der Waals surface area contributed by atoms with Crippen LogP contribution >= 0.6 is 11.6 Å². The molecule has 1 atom stereocenters. The van der Waals surface area contributed by atoms with Gasteiger partial charge in [0.1, 0.15) is 0 Å². The third kappa shape index (κ3) is 4.82. The van der Waals surface area contributed by atoms with E-state index in [0.717, 1.165) is 11.3 Å². The first-order valence-electron chi connectivity index (χ1n) is 8.78. The molecule has 1 heterocycles. The Hall–Kier alpha value is -2.05. The predicted molar refractivity (Wildman–Crippen MR) is 109 cm³/mol. The highest BCUT2D eigenvalue weighted by Crippen LogP contribution is 2.24. The van der Waals surface area contributed by atoms with Crippen molar-refractivity contribution in [2.45, 2.75) is 19.0 Å². The van der Waals surface area contributed by atoms with Gasteiger partial charge in [-0.1, -0.05) is 23.7 Å². The highest BCUT2D eigenvalue weighted by molar-refractivity contribution is 7.91. The summed E-state index contributed by atoms with van der Waals surface area (Å²) in [5, 5.41) is 0.556. The highest BCUT2D eigenvalue weighted by atomic mass is 35.5. The topological polar surface area (TPSA) is 57.7 Å². The molecular formula is C20H23ClN2O3S. The van der Waals surface area contributed by atoms with Gasteiger partial charge in [0.05, 0.1) is 11.5 Å². The summed E-state index contributed by atoms with van der Waals surface area (Å²) in [6, 6.07) is 14.3. The zero-order valence-corrected chi connectivity index (χ0v) is 17.0. The van der Waals surface area contributed by atoms with Crippen molar-refractivity contribution in [2.75, 3.05) is 30.5 Å². The van der Waals surface area contributed by atoms with Gasteiger partial charge < -0.3 is 9.80 Å². The Labute approximate surface area is 165 Å². The first-order chi connectivity index (χ1) is 12.7. The Morgan fingerprint density at radius 3 is 2.22 bits per heavy atom. The van der Waals surface area contributed by atoms with Crippen molar-refractivity contribution in [3.8, 4) is 0 Å². The summed E-state index contributed by atoms with van der Waals surface area (Å²) in [6.45, 7) is 0.370. The number of hydrogen-bond acceptors (Lipinski definition) is 4. The molecule has 0 aromatic heterocycles. The standard InChI is InChI=1S/C20H23ClN2O3S/c1-22(2)18-9-3-15(4-10-18)13-23(19-11-12-27(25,26)14-19)20(24)16-5-7-17(21)8-6-16/h3-10,19H,11-14H2,1-2H3/t19-/m1/s1. The number of rotatable bonds is 5. The molecule has 1 aliphatic rings. The maximum Gasteiger partial charge on any atom is 0.254 e. The number of carbonyl (C=O) groups excluding carboxylic acids is 1. The Kier molecular flexibility index (Phi) is 5.77. The van der Waals surface area contributed by atoms with E-state index in [2.05, 4.69) is 0 Å². The molecule has 0 saturated carbocycles. The van der Waals surface area contributed by atoms with E-state index in [1.807, 2.05) is 43.3 Å². The summed E-state index contributed by atoms with van der Waals surface area (Å²) in [7, 11) is 0.839. The quantitative estimate of drug-likeness (QED) is 0.764. The van der Waals surface area contributed by atoms with Crippen LogP contribution in [0.5, 0.6) is 0 Å². The molecule has 1 amide bonds. The fraction of sp³-hybridized carbons (Fsp3) is 0.350. The molecule has 0 spiro atoms. The second-order valence-electron chi connectivity index (χ2n) is 7.06. The average molecular weight is 407 g/mol. The van der Waals surface area contributed by atoms with Crippen molar-refractivity contribution in [1.82, 2.24) is 4.90 Å². The Morgan fingerprint density at radius 2 is 1.70 bits per heavy atom. The Balaban J connectivity index is 1.87. The summed E-state index contributed by atoms with van der Waals surface area (Å²) in [4.78, 5) is 16.8. The van der Waals surface area contributed by atoms with E-state index in [0.29, 0.717) is 23.6 Å². The first-order valence-corrected chi connectivity index (χ1v) is 11.0. The highest BCUT2D eigenvalue weighted by Gasteiger charge is 2.35. The number of amides is 1. The number of halogens is 1. The maximum absolute atomic E-state index is 13.1. The number of anilines is 1.